The summed E-state index contributed by atoms with van der Waals surface area (Å²) in [6.45, 7) is 10.7. The van der Waals surface area contributed by atoms with Crippen molar-refractivity contribution in [2.75, 3.05) is 7.11 Å². The molecule has 3 spiro atoms. The lowest BCUT2D eigenvalue weighted by Crippen LogP contribution is -2.94. The van der Waals surface area contributed by atoms with Crippen molar-refractivity contribution < 1.29 is 62.6 Å². The van der Waals surface area contributed by atoms with E-state index in [0.717, 1.165) is 0 Å². The molecule has 7 fully saturated rings. The van der Waals surface area contributed by atoms with E-state index in [2.05, 4.69) is 0 Å². The third-order valence-electron chi connectivity index (χ3n) is 13.4. The molecule has 46 heavy (non-hydrogen) atoms. The van der Waals surface area contributed by atoms with Gasteiger partial charge in [-0.3, -0.25) is 19.2 Å². The number of hydrogen-bond acceptors (Lipinski definition) is 12. The molecular formula is C33H42O13. The Balaban J connectivity index is 0.00000338. The number of methoxy groups -OCH3 is 1. The van der Waals surface area contributed by atoms with Crippen LogP contribution in [0.4, 0.5) is 0 Å². The molecule has 4 heterocycles. The fourth-order valence-corrected chi connectivity index (χ4v) is 12.0. The summed E-state index contributed by atoms with van der Waals surface area (Å²) in [6.07, 6.45) is 0.652. The quantitative estimate of drug-likeness (QED) is 0.270. The van der Waals surface area contributed by atoms with Crippen molar-refractivity contribution in [1.29, 1.82) is 0 Å². The highest BCUT2D eigenvalue weighted by Crippen LogP contribution is 2.89. The molecule has 0 aromatic carbocycles. The zero-order valence-electron chi connectivity index (χ0n) is 27.1. The van der Waals surface area contributed by atoms with Gasteiger partial charge in [-0.25, -0.2) is 0 Å². The Morgan fingerprint density at radius 3 is 2.39 bits per heavy atom. The van der Waals surface area contributed by atoms with E-state index in [1.807, 2.05) is 20.8 Å². The molecule has 12 unspecified atom stereocenters. The molecule has 3 N–H and O–H groups in total. The number of aliphatic hydroxyl groups is 1. The molecule has 252 valence electrons. The van der Waals surface area contributed by atoms with Crippen molar-refractivity contribution >= 4 is 23.7 Å². The van der Waals surface area contributed by atoms with E-state index in [0.29, 0.717) is 12.0 Å². The fraction of sp³-hybridized carbons (Fsp3) is 0.758. The second kappa shape index (κ2) is 8.79. The first-order valence-electron chi connectivity index (χ1n) is 15.8. The molecule has 0 radical (unpaired) electrons. The van der Waals surface area contributed by atoms with Crippen LogP contribution in [0, 0.1) is 34.0 Å². The van der Waals surface area contributed by atoms with Crippen LogP contribution in [0.5, 0.6) is 0 Å². The maximum Gasteiger partial charge on any atom is 0.308 e. The molecule has 4 aliphatic carbocycles. The number of ether oxygens (including phenoxy) is 6. The summed E-state index contributed by atoms with van der Waals surface area (Å²) in [7, 11) is 1.32. The van der Waals surface area contributed by atoms with E-state index < -0.39 is 92.5 Å². The molecule has 13 heteroatoms. The molecule has 3 saturated heterocycles. The van der Waals surface area contributed by atoms with Gasteiger partial charge in [-0.2, -0.15) is 0 Å². The van der Waals surface area contributed by atoms with Crippen LogP contribution in [0.25, 0.3) is 0 Å². The molecule has 4 bridgehead atoms. The molecule has 12 atom stereocenters. The molecule has 7 aliphatic rings. The number of esters is 3. The Kier molecular flexibility index (Phi) is 6.06. The van der Waals surface area contributed by atoms with Gasteiger partial charge < -0.3 is 43.4 Å². The van der Waals surface area contributed by atoms with E-state index in [9.17, 15) is 24.3 Å². The predicted molar refractivity (Wildman–Crippen MR) is 152 cm³/mol. The fourth-order valence-electron chi connectivity index (χ4n) is 12.0. The van der Waals surface area contributed by atoms with Gasteiger partial charge in [-0.05, 0) is 31.2 Å². The SMILES string of the molecule is COC(=O)CC1C2(C)CC34OC5(C)OC67C(CC(=O)OC6C3(O)C2OC(=O)C(C)C)C(C)(C(=O)c2ccoc2)CCC7(O5)C14C.O. The zero-order chi connectivity index (χ0) is 32.4. The number of carbonyl (C=O) groups is 4. The van der Waals surface area contributed by atoms with E-state index in [-0.39, 0.29) is 36.9 Å². The van der Waals surface area contributed by atoms with Gasteiger partial charge in [0.05, 0.1) is 31.3 Å². The predicted octanol–water partition coefficient (Wildman–Crippen LogP) is 2.26. The monoisotopic (exact) mass is 646 g/mol. The van der Waals surface area contributed by atoms with Gasteiger partial charge in [0.15, 0.2) is 17.5 Å². The molecule has 0 amide bonds. The summed E-state index contributed by atoms with van der Waals surface area (Å²) in [4.78, 5) is 54.6. The lowest BCUT2D eigenvalue weighted by Gasteiger charge is -2.77. The summed E-state index contributed by atoms with van der Waals surface area (Å²) in [5.41, 5.74) is -9.54. The first kappa shape index (κ1) is 31.7. The average molecular weight is 647 g/mol. The number of fused-ring (bicyclic) bond motifs is 3. The number of hydrogen-bond donors (Lipinski definition) is 1. The Hall–Kier alpha value is -2.84. The zero-order valence-corrected chi connectivity index (χ0v) is 27.1. The lowest BCUT2D eigenvalue weighted by molar-refractivity contribution is -0.478. The first-order valence-corrected chi connectivity index (χ1v) is 15.8. The second-order valence-corrected chi connectivity index (χ2v) is 15.5. The summed E-state index contributed by atoms with van der Waals surface area (Å²) in [5, 5.41) is 13.5. The van der Waals surface area contributed by atoms with Crippen LogP contribution in [0.1, 0.15) is 84.0 Å². The van der Waals surface area contributed by atoms with E-state index >= 15 is 0 Å². The molecule has 8 rings (SSSR count). The van der Waals surface area contributed by atoms with Crippen molar-refractivity contribution in [3.05, 3.63) is 24.2 Å². The number of Topliss-reactive ketones (excluding diaryl/α,β-unsaturated/α-hetero) is 1. The molecule has 13 nitrogen and oxygen atoms in total. The average Bonchev–Trinajstić information content (AvgIpc) is 3.67. The Bertz CT molecular complexity index is 1560. The minimum Gasteiger partial charge on any atom is -0.472 e. The van der Waals surface area contributed by atoms with Crippen LogP contribution in [0.3, 0.4) is 0 Å². The molecule has 3 aliphatic heterocycles. The minimum absolute atomic E-state index is 0. The van der Waals surface area contributed by atoms with Crippen molar-refractivity contribution in [2.45, 2.75) is 114 Å². The van der Waals surface area contributed by atoms with Crippen LogP contribution in [-0.4, -0.2) is 82.0 Å². The Labute approximate surface area is 265 Å². The standard InChI is InChI=1S/C33H40O12.H2O/c1-16(2)23(37)42-24-27(4)15-31-28(5,18(27)12-20(34)39-7)30-10-9-26(3,22(36)17-8-11-40-14-17)19-13-21(35)41-25(32(24,31)38)33(19,30)45-29(6,43-30)44-31;/h8,11,14,16,18-19,24-25,38H,9-10,12-13,15H2,1-7H3;1H2. The van der Waals surface area contributed by atoms with Gasteiger partial charge in [0.1, 0.15) is 29.2 Å². The van der Waals surface area contributed by atoms with Gasteiger partial charge in [-0.15, -0.1) is 0 Å². The summed E-state index contributed by atoms with van der Waals surface area (Å²) in [6, 6.07) is 1.59. The number of rotatable bonds is 6. The summed E-state index contributed by atoms with van der Waals surface area (Å²) >= 11 is 0. The smallest absolute Gasteiger partial charge is 0.308 e. The number of furan rings is 1. The van der Waals surface area contributed by atoms with Crippen LogP contribution in [0.15, 0.2) is 23.0 Å². The normalized spacial score (nSPS) is 51.7. The van der Waals surface area contributed by atoms with Crippen LogP contribution in [-0.2, 0) is 42.8 Å². The van der Waals surface area contributed by atoms with Crippen molar-refractivity contribution in [3.63, 3.8) is 0 Å². The number of ketones is 1. The minimum atomic E-state index is -2.12. The molecule has 1 aromatic heterocycles. The summed E-state index contributed by atoms with van der Waals surface area (Å²) < 4.78 is 43.8. The lowest BCUT2D eigenvalue weighted by atomic mass is 9.33. The summed E-state index contributed by atoms with van der Waals surface area (Å²) in [5.74, 6) is -5.54. The van der Waals surface area contributed by atoms with Gasteiger partial charge in [0.25, 0.3) is 5.97 Å². The second-order valence-electron chi connectivity index (χ2n) is 15.5. The maximum atomic E-state index is 14.3. The van der Waals surface area contributed by atoms with Crippen LogP contribution in [0.2, 0.25) is 0 Å². The topological polar surface area (TPSA) is 189 Å². The van der Waals surface area contributed by atoms with Gasteiger partial charge in [0, 0.05) is 35.5 Å². The molecule has 1 aromatic rings. The van der Waals surface area contributed by atoms with Gasteiger partial charge >= 0.3 is 17.9 Å². The Morgan fingerprint density at radius 2 is 1.76 bits per heavy atom. The van der Waals surface area contributed by atoms with Crippen LogP contribution < -0.4 is 0 Å². The largest absolute Gasteiger partial charge is 0.472 e. The highest BCUT2D eigenvalue weighted by molar-refractivity contribution is 6.01. The van der Waals surface area contributed by atoms with Crippen molar-refractivity contribution in [3.8, 4) is 0 Å². The van der Waals surface area contributed by atoms with Gasteiger partial charge in [-0.1, -0.05) is 34.6 Å². The molecular weight excluding hydrogens is 604 g/mol. The van der Waals surface area contributed by atoms with E-state index in [1.54, 1.807) is 26.8 Å². The van der Waals surface area contributed by atoms with Gasteiger partial charge in [0.2, 0.25) is 0 Å². The Morgan fingerprint density at radius 1 is 1.07 bits per heavy atom. The van der Waals surface area contributed by atoms with Crippen molar-refractivity contribution in [2.24, 2.45) is 34.0 Å². The van der Waals surface area contributed by atoms with Crippen molar-refractivity contribution in [1.82, 2.24) is 0 Å². The van der Waals surface area contributed by atoms with E-state index in [1.165, 1.54) is 19.6 Å². The highest BCUT2D eigenvalue weighted by atomic mass is 16.9. The van der Waals surface area contributed by atoms with E-state index in [4.69, 9.17) is 32.8 Å². The number of carbonyl (C=O) groups excluding carboxylic acids is 4. The third kappa shape index (κ3) is 2.91. The first-order chi connectivity index (χ1) is 21.0. The molecule has 4 saturated carbocycles. The van der Waals surface area contributed by atoms with Crippen LogP contribution >= 0.6 is 0 Å². The maximum absolute atomic E-state index is 14.3. The highest BCUT2D eigenvalue weighted by Gasteiger charge is 3.04. The third-order valence-corrected chi connectivity index (χ3v) is 13.4.